The van der Waals surface area contributed by atoms with Crippen molar-refractivity contribution in [1.82, 2.24) is 0 Å². The molecule has 1 unspecified atom stereocenters. The van der Waals surface area contributed by atoms with E-state index in [1.54, 1.807) is 6.07 Å². The minimum absolute atomic E-state index is 0.341. The predicted molar refractivity (Wildman–Crippen MR) is 59.4 cm³/mol. The van der Waals surface area contributed by atoms with Crippen molar-refractivity contribution in [3.8, 4) is 0 Å². The van der Waals surface area contributed by atoms with Gasteiger partial charge < -0.3 is 15.7 Å². The maximum absolute atomic E-state index is 13.1. The average Bonchev–Trinajstić information content (AvgIpc) is 2.17. The molecule has 0 saturated heterocycles. The smallest absolute Gasteiger partial charge is 0.123 e. The summed E-state index contributed by atoms with van der Waals surface area (Å²) >= 11 is 0. The topological polar surface area (TPSA) is 49.5 Å². The molecule has 3 nitrogen and oxygen atoms in total. The van der Waals surface area contributed by atoms with Crippen LogP contribution in [0.15, 0.2) is 18.2 Å². The highest BCUT2D eigenvalue weighted by atomic mass is 19.1. The maximum Gasteiger partial charge on any atom is 0.123 e. The van der Waals surface area contributed by atoms with Gasteiger partial charge >= 0.3 is 0 Å². The second-order valence-electron chi connectivity index (χ2n) is 3.69. The first kappa shape index (κ1) is 11.9. The Morgan fingerprint density at radius 1 is 1.47 bits per heavy atom. The molecule has 0 saturated carbocycles. The van der Waals surface area contributed by atoms with E-state index in [2.05, 4.69) is 0 Å². The molecule has 0 radical (unpaired) electrons. The van der Waals surface area contributed by atoms with E-state index in [1.165, 1.54) is 12.1 Å². The van der Waals surface area contributed by atoms with E-state index in [-0.39, 0.29) is 5.82 Å². The third-order valence-corrected chi connectivity index (χ3v) is 2.27. The molecule has 0 aliphatic carbocycles. The Hall–Kier alpha value is -1.13. The van der Waals surface area contributed by atoms with E-state index >= 15 is 0 Å². The van der Waals surface area contributed by atoms with Crippen LogP contribution in [0.25, 0.3) is 0 Å². The normalized spacial score (nSPS) is 12.6. The molecule has 3 N–H and O–H groups in total. The average molecular weight is 212 g/mol. The summed E-state index contributed by atoms with van der Waals surface area (Å²) < 4.78 is 13.1. The highest BCUT2D eigenvalue weighted by Crippen LogP contribution is 2.27. The molecule has 0 heterocycles. The van der Waals surface area contributed by atoms with Gasteiger partial charge in [-0.1, -0.05) is 0 Å². The van der Waals surface area contributed by atoms with Crippen molar-refractivity contribution in [3.05, 3.63) is 29.6 Å². The molecule has 0 aliphatic heterocycles. The van der Waals surface area contributed by atoms with Crippen LogP contribution in [0.2, 0.25) is 0 Å². The lowest BCUT2D eigenvalue weighted by Gasteiger charge is -2.20. The van der Waals surface area contributed by atoms with Gasteiger partial charge in [-0.05, 0) is 31.2 Å². The summed E-state index contributed by atoms with van der Waals surface area (Å²) in [5, 5.41) is 9.80. The van der Waals surface area contributed by atoms with Crippen LogP contribution in [0.3, 0.4) is 0 Å². The first-order valence-electron chi connectivity index (χ1n) is 4.91. The molecule has 0 fully saturated rings. The minimum atomic E-state index is -0.705. The quantitative estimate of drug-likeness (QED) is 0.790. The summed E-state index contributed by atoms with van der Waals surface area (Å²) in [5.41, 5.74) is 6.77. The first-order chi connectivity index (χ1) is 7.06. The summed E-state index contributed by atoms with van der Waals surface area (Å²) in [6.45, 7) is 0.380. The molecule has 0 aliphatic rings. The molecular formula is C11H17FN2O. The molecule has 0 spiro atoms. The lowest BCUT2D eigenvalue weighted by atomic mass is 10.0. The number of nitrogens with two attached hydrogens (primary N) is 1. The van der Waals surface area contributed by atoms with Gasteiger partial charge in [-0.15, -0.1) is 0 Å². The summed E-state index contributed by atoms with van der Waals surface area (Å²) in [6.07, 6.45) is -0.271. The van der Waals surface area contributed by atoms with Crippen LogP contribution in [0.5, 0.6) is 0 Å². The predicted octanol–water partition coefficient (Wildman–Crippen LogP) is 1.27. The van der Waals surface area contributed by atoms with Crippen LogP contribution in [0.1, 0.15) is 18.1 Å². The van der Waals surface area contributed by atoms with E-state index < -0.39 is 6.10 Å². The Balaban J connectivity index is 3.06. The highest BCUT2D eigenvalue weighted by Gasteiger charge is 2.13. The van der Waals surface area contributed by atoms with Gasteiger partial charge in [0.2, 0.25) is 0 Å². The number of aliphatic hydroxyl groups excluding tert-OH is 1. The van der Waals surface area contributed by atoms with Gasteiger partial charge in [-0.25, -0.2) is 4.39 Å². The van der Waals surface area contributed by atoms with Gasteiger partial charge in [0.05, 0.1) is 6.10 Å². The van der Waals surface area contributed by atoms with Crippen molar-refractivity contribution < 1.29 is 9.50 Å². The molecule has 84 valence electrons. The number of anilines is 1. The standard InChI is InChI=1S/C11H17FN2O/c1-14(2)10-4-3-8(12)7-9(10)11(15)5-6-13/h3-4,7,11,15H,5-6,13H2,1-2H3. The second-order valence-corrected chi connectivity index (χ2v) is 3.69. The molecule has 15 heavy (non-hydrogen) atoms. The Labute approximate surface area is 89.3 Å². The van der Waals surface area contributed by atoms with E-state index in [4.69, 9.17) is 5.73 Å². The molecule has 0 amide bonds. The zero-order chi connectivity index (χ0) is 11.4. The van der Waals surface area contributed by atoms with Gasteiger partial charge in [0.15, 0.2) is 0 Å². The van der Waals surface area contributed by atoms with Gasteiger partial charge in [0.1, 0.15) is 5.82 Å². The largest absolute Gasteiger partial charge is 0.388 e. The number of benzene rings is 1. The van der Waals surface area contributed by atoms with Gasteiger partial charge in [-0.3, -0.25) is 0 Å². The molecule has 0 aromatic heterocycles. The third-order valence-electron chi connectivity index (χ3n) is 2.27. The van der Waals surface area contributed by atoms with E-state index in [1.807, 2.05) is 19.0 Å². The summed E-state index contributed by atoms with van der Waals surface area (Å²) in [5.74, 6) is -0.341. The number of nitrogens with zero attached hydrogens (tertiary/aromatic N) is 1. The van der Waals surface area contributed by atoms with Crippen molar-refractivity contribution in [2.45, 2.75) is 12.5 Å². The molecule has 1 aromatic rings. The molecular weight excluding hydrogens is 195 g/mol. The molecule has 1 rings (SSSR count). The fraction of sp³-hybridized carbons (Fsp3) is 0.455. The number of aliphatic hydroxyl groups is 1. The zero-order valence-electron chi connectivity index (χ0n) is 9.07. The monoisotopic (exact) mass is 212 g/mol. The summed E-state index contributed by atoms with van der Waals surface area (Å²) in [6, 6.07) is 4.40. The van der Waals surface area contributed by atoms with Crippen LogP contribution < -0.4 is 10.6 Å². The van der Waals surface area contributed by atoms with Crippen LogP contribution in [-0.4, -0.2) is 25.7 Å². The van der Waals surface area contributed by atoms with E-state index in [0.717, 1.165) is 5.69 Å². The second kappa shape index (κ2) is 5.09. The van der Waals surface area contributed by atoms with Gasteiger partial charge in [0.25, 0.3) is 0 Å². The van der Waals surface area contributed by atoms with Crippen molar-refractivity contribution in [2.75, 3.05) is 25.5 Å². The van der Waals surface area contributed by atoms with Crippen LogP contribution in [0.4, 0.5) is 10.1 Å². The number of hydrogen-bond acceptors (Lipinski definition) is 3. The van der Waals surface area contributed by atoms with Crippen molar-refractivity contribution in [3.63, 3.8) is 0 Å². The lowest BCUT2D eigenvalue weighted by molar-refractivity contribution is 0.170. The highest BCUT2D eigenvalue weighted by molar-refractivity contribution is 5.53. The molecule has 1 atom stereocenters. The molecule has 4 heteroatoms. The molecule has 1 aromatic carbocycles. The molecule has 0 bridgehead atoms. The summed E-state index contributed by atoms with van der Waals surface area (Å²) in [7, 11) is 3.71. The number of rotatable bonds is 4. The SMILES string of the molecule is CN(C)c1ccc(F)cc1C(O)CCN. The van der Waals surface area contributed by atoms with E-state index in [9.17, 15) is 9.50 Å². The maximum atomic E-state index is 13.1. The lowest BCUT2D eigenvalue weighted by Crippen LogP contribution is -2.15. The fourth-order valence-corrected chi connectivity index (χ4v) is 1.51. The Morgan fingerprint density at radius 2 is 2.13 bits per heavy atom. The number of hydrogen-bond donors (Lipinski definition) is 2. The number of halogens is 1. The zero-order valence-corrected chi connectivity index (χ0v) is 9.07. The first-order valence-corrected chi connectivity index (χ1v) is 4.91. The third kappa shape index (κ3) is 2.91. The Morgan fingerprint density at radius 3 is 2.67 bits per heavy atom. The fourth-order valence-electron chi connectivity index (χ4n) is 1.51. The van der Waals surface area contributed by atoms with Crippen LogP contribution >= 0.6 is 0 Å². The van der Waals surface area contributed by atoms with Crippen LogP contribution in [-0.2, 0) is 0 Å². The van der Waals surface area contributed by atoms with E-state index in [0.29, 0.717) is 18.5 Å². The van der Waals surface area contributed by atoms with Crippen LogP contribution in [0, 0.1) is 5.82 Å². The Kier molecular flexibility index (Phi) is 4.05. The minimum Gasteiger partial charge on any atom is -0.388 e. The van der Waals surface area contributed by atoms with Gasteiger partial charge in [-0.2, -0.15) is 0 Å². The van der Waals surface area contributed by atoms with Crippen molar-refractivity contribution in [1.29, 1.82) is 0 Å². The summed E-state index contributed by atoms with van der Waals surface area (Å²) in [4.78, 5) is 1.84. The van der Waals surface area contributed by atoms with Gasteiger partial charge in [0, 0.05) is 25.3 Å². The van der Waals surface area contributed by atoms with Crippen molar-refractivity contribution >= 4 is 5.69 Å². The van der Waals surface area contributed by atoms with Crippen molar-refractivity contribution in [2.24, 2.45) is 5.73 Å². The Bertz CT molecular complexity index is 328.